The Morgan fingerprint density at radius 1 is 1.13 bits per heavy atom. The first kappa shape index (κ1) is 16.0. The molecular formula is C16H16Cl2N4O. The number of nitrogens with one attached hydrogen (secondary N) is 2. The van der Waals surface area contributed by atoms with Gasteiger partial charge in [0.2, 0.25) is 5.95 Å². The van der Waals surface area contributed by atoms with Crippen molar-refractivity contribution in [2.45, 2.75) is 31.7 Å². The number of hydrogen-bond donors (Lipinski definition) is 2. The van der Waals surface area contributed by atoms with Gasteiger partial charge in [0.15, 0.2) is 0 Å². The molecule has 1 amide bonds. The summed E-state index contributed by atoms with van der Waals surface area (Å²) in [6.07, 6.45) is 5.94. The Balaban J connectivity index is 1.72. The summed E-state index contributed by atoms with van der Waals surface area (Å²) in [5.41, 5.74) is 0.998. The van der Waals surface area contributed by atoms with Crippen molar-refractivity contribution in [3.05, 3.63) is 46.2 Å². The van der Waals surface area contributed by atoms with Crippen LogP contribution in [-0.2, 0) is 0 Å². The van der Waals surface area contributed by atoms with Crippen molar-refractivity contribution in [1.29, 1.82) is 0 Å². The Hall–Kier alpha value is -1.85. The summed E-state index contributed by atoms with van der Waals surface area (Å²) in [6.45, 7) is 0. The molecule has 23 heavy (non-hydrogen) atoms. The molecule has 1 heterocycles. The average molecular weight is 351 g/mol. The van der Waals surface area contributed by atoms with Crippen LogP contribution in [0, 0.1) is 0 Å². The number of carbonyl (C=O) groups excluding carboxylic acids is 1. The van der Waals surface area contributed by atoms with Crippen molar-refractivity contribution in [1.82, 2.24) is 15.3 Å². The normalized spacial score (nSPS) is 14.7. The van der Waals surface area contributed by atoms with E-state index in [9.17, 15) is 4.79 Å². The number of halogens is 2. The van der Waals surface area contributed by atoms with Gasteiger partial charge in [-0.3, -0.25) is 4.79 Å². The van der Waals surface area contributed by atoms with E-state index in [-0.39, 0.29) is 11.9 Å². The van der Waals surface area contributed by atoms with Gasteiger partial charge < -0.3 is 10.6 Å². The third kappa shape index (κ3) is 4.33. The molecule has 1 aliphatic carbocycles. The van der Waals surface area contributed by atoms with Crippen LogP contribution in [0.15, 0.2) is 30.5 Å². The predicted octanol–water partition coefficient (Wildman–Crippen LogP) is 4.20. The molecule has 0 aliphatic heterocycles. The number of nitrogens with zero attached hydrogens (tertiary/aromatic N) is 2. The molecule has 1 aromatic carbocycles. The highest BCUT2D eigenvalue weighted by atomic mass is 35.5. The Labute approximate surface area is 144 Å². The van der Waals surface area contributed by atoms with Crippen molar-refractivity contribution in [3.8, 4) is 0 Å². The van der Waals surface area contributed by atoms with E-state index in [1.807, 2.05) is 0 Å². The summed E-state index contributed by atoms with van der Waals surface area (Å²) < 4.78 is 0. The van der Waals surface area contributed by atoms with E-state index in [2.05, 4.69) is 20.6 Å². The summed E-state index contributed by atoms with van der Waals surface area (Å²) in [5, 5.41) is 7.03. The lowest BCUT2D eigenvalue weighted by molar-refractivity contribution is 0.0933. The first-order valence-electron chi connectivity index (χ1n) is 7.47. The van der Waals surface area contributed by atoms with E-state index in [1.54, 1.807) is 30.5 Å². The van der Waals surface area contributed by atoms with Crippen LogP contribution in [-0.4, -0.2) is 21.9 Å². The number of carbonyl (C=O) groups is 1. The van der Waals surface area contributed by atoms with Gasteiger partial charge in [0, 0.05) is 28.0 Å². The number of amides is 1. The smallest absolute Gasteiger partial charge is 0.270 e. The van der Waals surface area contributed by atoms with E-state index in [0.717, 1.165) is 25.7 Å². The molecule has 0 atom stereocenters. The second-order valence-corrected chi connectivity index (χ2v) is 6.38. The fourth-order valence-electron chi connectivity index (χ4n) is 2.63. The monoisotopic (exact) mass is 350 g/mol. The van der Waals surface area contributed by atoms with Crippen LogP contribution in [0.4, 0.5) is 11.6 Å². The molecule has 2 N–H and O–H groups in total. The summed E-state index contributed by atoms with van der Waals surface area (Å²) >= 11 is 11.9. The van der Waals surface area contributed by atoms with Crippen LogP contribution in [0.1, 0.15) is 36.2 Å². The Kier molecular flexibility index (Phi) is 4.98. The largest absolute Gasteiger partial charge is 0.348 e. The van der Waals surface area contributed by atoms with Crippen molar-refractivity contribution in [3.63, 3.8) is 0 Å². The molecule has 0 radical (unpaired) electrons. The van der Waals surface area contributed by atoms with Crippen LogP contribution < -0.4 is 10.6 Å². The third-order valence-corrected chi connectivity index (χ3v) is 4.13. The molecule has 1 aromatic heterocycles. The maximum Gasteiger partial charge on any atom is 0.270 e. The van der Waals surface area contributed by atoms with Crippen LogP contribution in [0.5, 0.6) is 0 Å². The second-order valence-electron chi connectivity index (χ2n) is 5.50. The third-order valence-electron chi connectivity index (χ3n) is 3.70. The molecule has 0 saturated heterocycles. The van der Waals surface area contributed by atoms with E-state index < -0.39 is 0 Å². The number of benzene rings is 1. The van der Waals surface area contributed by atoms with Gasteiger partial charge >= 0.3 is 0 Å². The van der Waals surface area contributed by atoms with Crippen molar-refractivity contribution in [2.24, 2.45) is 0 Å². The number of rotatable bonds is 4. The molecule has 7 heteroatoms. The Morgan fingerprint density at radius 3 is 2.52 bits per heavy atom. The van der Waals surface area contributed by atoms with E-state index in [0.29, 0.717) is 27.4 Å². The first-order chi connectivity index (χ1) is 11.1. The van der Waals surface area contributed by atoms with E-state index in [4.69, 9.17) is 23.2 Å². The van der Waals surface area contributed by atoms with Gasteiger partial charge in [-0.2, -0.15) is 0 Å². The Bertz CT molecular complexity index is 697. The molecule has 0 spiro atoms. The highest BCUT2D eigenvalue weighted by molar-refractivity contribution is 6.35. The second kappa shape index (κ2) is 7.15. The number of anilines is 2. The lowest BCUT2D eigenvalue weighted by Crippen LogP contribution is -2.33. The standard InChI is InChI=1S/C16H16Cl2N4O/c17-10-7-11(18)9-13(8-10)21-16-19-6-5-14(22-16)15(23)20-12-3-1-2-4-12/h5-9,12H,1-4H2,(H,20,23)(H,19,21,22). The average Bonchev–Trinajstić information content (AvgIpc) is 2.99. The SMILES string of the molecule is O=C(NC1CCCC1)c1ccnc(Nc2cc(Cl)cc(Cl)c2)n1. The molecular weight excluding hydrogens is 335 g/mol. The molecule has 1 fully saturated rings. The molecule has 0 unspecified atom stereocenters. The molecule has 120 valence electrons. The van der Waals surface area contributed by atoms with Crippen molar-refractivity contribution < 1.29 is 4.79 Å². The molecule has 1 aliphatic rings. The zero-order valence-electron chi connectivity index (χ0n) is 12.4. The lowest BCUT2D eigenvalue weighted by atomic mass is 10.2. The van der Waals surface area contributed by atoms with Crippen LogP contribution in [0.25, 0.3) is 0 Å². The Morgan fingerprint density at radius 2 is 1.83 bits per heavy atom. The van der Waals surface area contributed by atoms with Gasteiger partial charge in [-0.15, -0.1) is 0 Å². The molecule has 1 saturated carbocycles. The minimum Gasteiger partial charge on any atom is -0.348 e. The number of hydrogen-bond acceptors (Lipinski definition) is 4. The quantitative estimate of drug-likeness (QED) is 0.866. The summed E-state index contributed by atoms with van der Waals surface area (Å²) in [5.74, 6) is 0.147. The van der Waals surface area contributed by atoms with Crippen LogP contribution in [0.3, 0.4) is 0 Å². The van der Waals surface area contributed by atoms with Gasteiger partial charge in [0.1, 0.15) is 5.69 Å². The van der Waals surface area contributed by atoms with Crippen molar-refractivity contribution in [2.75, 3.05) is 5.32 Å². The molecule has 2 aromatic rings. The summed E-state index contributed by atoms with van der Waals surface area (Å²) in [4.78, 5) is 20.6. The fourth-order valence-corrected chi connectivity index (χ4v) is 3.16. The minimum atomic E-state index is -0.175. The first-order valence-corrected chi connectivity index (χ1v) is 8.23. The molecule has 3 rings (SSSR count). The predicted molar refractivity (Wildman–Crippen MR) is 91.5 cm³/mol. The maximum absolute atomic E-state index is 12.2. The maximum atomic E-state index is 12.2. The topological polar surface area (TPSA) is 66.9 Å². The van der Waals surface area contributed by atoms with Gasteiger partial charge in [0.05, 0.1) is 0 Å². The summed E-state index contributed by atoms with van der Waals surface area (Å²) in [7, 11) is 0. The summed E-state index contributed by atoms with van der Waals surface area (Å²) in [6, 6.07) is 6.91. The molecule has 5 nitrogen and oxygen atoms in total. The zero-order chi connectivity index (χ0) is 16.2. The lowest BCUT2D eigenvalue weighted by Gasteiger charge is -2.12. The van der Waals surface area contributed by atoms with Crippen LogP contribution in [0.2, 0.25) is 10.0 Å². The zero-order valence-corrected chi connectivity index (χ0v) is 13.9. The minimum absolute atomic E-state index is 0.175. The van der Waals surface area contributed by atoms with Crippen LogP contribution >= 0.6 is 23.2 Å². The van der Waals surface area contributed by atoms with Crippen molar-refractivity contribution >= 4 is 40.7 Å². The van der Waals surface area contributed by atoms with E-state index >= 15 is 0 Å². The van der Waals surface area contributed by atoms with Gasteiger partial charge in [0.25, 0.3) is 5.91 Å². The molecule has 0 bridgehead atoms. The van der Waals surface area contributed by atoms with Gasteiger partial charge in [-0.05, 0) is 37.1 Å². The highest BCUT2D eigenvalue weighted by Gasteiger charge is 2.18. The fraction of sp³-hybridized carbons (Fsp3) is 0.312. The van der Waals surface area contributed by atoms with E-state index in [1.165, 1.54) is 0 Å². The number of aromatic nitrogens is 2. The van der Waals surface area contributed by atoms with Gasteiger partial charge in [-0.25, -0.2) is 9.97 Å². The highest BCUT2D eigenvalue weighted by Crippen LogP contribution is 2.24. The van der Waals surface area contributed by atoms with Gasteiger partial charge in [-0.1, -0.05) is 36.0 Å².